The summed E-state index contributed by atoms with van der Waals surface area (Å²) in [5.74, 6) is -0.328. The summed E-state index contributed by atoms with van der Waals surface area (Å²) in [6.45, 7) is 2.17. The van der Waals surface area contributed by atoms with Crippen LogP contribution in [0.15, 0.2) is 54.6 Å². The molecule has 1 aliphatic carbocycles. The van der Waals surface area contributed by atoms with Crippen molar-refractivity contribution in [2.45, 2.75) is 57.5 Å². The van der Waals surface area contributed by atoms with Crippen molar-refractivity contribution in [3.63, 3.8) is 0 Å². The molecule has 1 aliphatic rings. The van der Waals surface area contributed by atoms with Crippen LogP contribution in [-0.2, 0) is 4.79 Å². The summed E-state index contributed by atoms with van der Waals surface area (Å²) in [6.07, 6.45) is 5.80. The number of carbonyl (C=O) groups is 3. The smallest absolute Gasteiger partial charge is 0.315 e. The highest BCUT2D eigenvalue weighted by Gasteiger charge is 2.16. The van der Waals surface area contributed by atoms with Crippen LogP contribution < -0.4 is 21.3 Å². The second-order valence-electron chi connectivity index (χ2n) is 8.22. The van der Waals surface area contributed by atoms with E-state index in [0.717, 1.165) is 31.2 Å². The van der Waals surface area contributed by atoms with Crippen LogP contribution in [0.4, 0.5) is 10.5 Å². The monoisotopic (exact) mass is 436 g/mol. The van der Waals surface area contributed by atoms with E-state index < -0.39 is 0 Å². The summed E-state index contributed by atoms with van der Waals surface area (Å²) in [7, 11) is 0. The Balaban J connectivity index is 1.42. The van der Waals surface area contributed by atoms with Gasteiger partial charge in [-0.15, -0.1) is 0 Å². The van der Waals surface area contributed by atoms with Crippen molar-refractivity contribution in [3.05, 3.63) is 65.7 Å². The number of benzene rings is 2. The summed E-state index contributed by atoms with van der Waals surface area (Å²) in [5.41, 5.74) is 2.13. The maximum absolute atomic E-state index is 12.4. The SMILES string of the molecule is CC(NC(=O)CCNC(=O)NC1CCCCC1)c1cccc(NC(=O)c2ccccc2)c1. The standard InChI is InChI=1S/C25H32N4O3/c1-18(27-23(30)15-16-26-25(32)29-21-12-6-3-7-13-21)20-11-8-14-22(17-20)28-24(31)19-9-4-2-5-10-19/h2,4-5,8-11,14,17-18,21H,3,6-7,12-13,15-16H2,1H3,(H,27,30)(H,28,31)(H2,26,29,32). The lowest BCUT2D eigenvalue weighted by molar-refractivity contribution is -0.121. The molecule has 0 aliphatic heterocycles. The molecular formula is C25H32N4O3. The van der Waals surface area contributed by atoms with E-state index in [1.54, 1.807) is 12.1 Å². The molecule has 0 saturated heterocycles. The van der Waals surface area contributed by atoms with E-state index >= 15 is 0 Å². The molecule has 0 spiro atoms. The van der Waals surface area contributed by atoms with Crippen molar-refractivity contribution < 1.29 is 14.4 Å². The van der Waals surface area contributed by atoms with Gasteiger partial charge >= 0.3 is 6.03 Å². The van der Waals surface area contributed by atoms with E-state index in [1.165, 1.54) is 6.42 Å². The Bertz CT molecular complexity index is 910. The molecule has 7 heteroatoms. The van der Waals surface area contributed by atoms with E-state index in [0.29, 0.717) is 11.3 Å². The minimum Gasteiger partial charge on any atom is -0.350 e. The molecule has 2 aromatic carbocycles. The van der Waals surface area contributed by atoms with Gasteiger partial charge in [0.05, 0.1) is 6.04 Å². The fraction of sp³-hybridized carbons (Fsp3) is 0.400. The highest BCUT2D eigenvalue weighted by atomic mass is 16.2. The quantitative estimate of drug-likeness (QED) is 0.500. The molecule has 7 nitrogen and oxygen atoms in total. The van der Waals surface area contributed by atoms with Gasteiger partial charge in [0, 0.05) is 30.3 Å². The first-order valence-corrected chi connectivity index (χ1v) is 11.3. The van der Waals surface area contributed by atoms with Crippen LogP contribution in [0, 0.1) is 0 Å². The Morgan fingerprint density at radius 3 is 2.47 bits per heavy atom. The number of amides is 4. The lowest BCUT2D eigenvalue weighted by atomic mass is 9.96. The number of hydrogen-bond donors (Lipinski definition) is 4. The van der Waals surface area contributed by atoms with Gasteiger partial charge in [-0.1, -0.05) is 49.6 Å². The first-order valence-electron chi connectivity index (χ1n) is 11.3. The fourth-order valence-corrected chi connectivity index (χ4v) is 3.85. The van der Waals surface area contributed by atoms with Crippen LogP contribution in [0.25, 0.3) is 0 Å². The summed E-state index contributed by atoms with van der Waals surface area (Å²) in [5, 5.41) is 11.6. The van der Waals surface area contributed by atoms with Crippen LogP contribution in [0.5, 0.6) is 0 Å². The Hall–Kier alpha value is -3.35. The van der Waals surface area contributed by atoms with Crippen LogP contribution in [0.2, 0.25) is 0 Å². The largest absolute Gasteiger partial charge is 0.350 e. The summed E-state index contributed by atoms with van der Waals surface area (Å²) < 4.78 is 0. The average molecular weight is 437 g/mol. The van der Waals surface area contributed by atoms with Crippen molar-refractivity contribution in [1.29, 1.82) is 0 Å². The molecular weight excluding hydrogens is 404 g/mol. The summed E-state index contributed by atoms with van der Waals surface area (Å²) in [6, 6.07) is 16.2. The molecule has 4 N–H and O–H groups in total. The first-order chi connectivity index (χ1) is 15.5. The summed E-state index contributed by atoms with van der Waals surface area (Å²) >= 11 is 0. The average Bonchev–Trinajstić information content (AvgIpc) is 2.80. The molecule has 1 fully saturated rings. The van der Waals surface area contributed by atoms with Gasteiger partial charge in [-0.3, -0.25) is 9.59 Å². The Morgan fingerprint density at radius 2 is 1.72 bits per heavy atom. The zero-order valence-corrected chi connectivity index (χ0v) is 18.5. The van der Waals surface area contributed by atoms with Crippen molar-refractivity contribution >= 4 is 23.5 Å². The molecule has 2 aromatic rings. The molecule has 3 rings (SSSR count). The van der Waals surface area contributed by atoms with Crippen LogP contribution in [0.3, 0.4) is 0 Å². The molecule has 4 amide bonds. The Labute approximate surface area is 189 Å². The minimum absolute atomic E-state index is 0.144. The normalized spacial score (nSPS) is 14.8. The van der Waals surface area contributed by atoms with E-state index in [-0.39, 0.29) is 42.9 Å². The third-order valence-electron chi connectivity index (χ3n) is 5.64. The van der Waals surface area contributed by atoms with Crippen LogP contribution in [-0.4, -0.2) is 30.4 Å². The van der Waals surface area contributed by atoms with E-state index in [9.17, 15) is 14.4 Å². The number of hydrogen-bond acceptors (Lipinski definition) is 3. The number of urea groups is 1. The highest BCUT2D eigenvalue weighted by molar-refractivity contribution is 6.04. The molecule has 0 aromatic heterocycles. The second-order valence-corrected chi connectivity index (χ2v) is 8.22. The molecule has 170 valence electrons. The maximum Gasteiger partial charge on any atom is 0.315 e. The van der Waals surface area contributed by atoms with Gasteiger partial charge in [0.1, 0.15) is 0 Å². The van der Waals surface area contributed by atoms with E-state index in [1.807, 2.05) is 49.4 Å². The van der Waals surface area contributed by atoms with Crippen molar-refractivity contribution in [2.75, 3.05) is 11.9 Å². The Kier molecular flexibility index (Phi) is 8.66. The van der Waals surface area contributed by atoms with Gasteiger partial charge in [-0.25, -0.2) is 4.79 Å². The molecule has 1 saturated carbocycles. The van der Waals surface area contributed by atoms with Crippen LogP contribution in [0.1, 0.15) is 67.4 Å². The third kappa shape index (κ3) is 7.41. The van der Waals surface area contributed by atoms with Gasteiger partial charge in [0.2, 0.25) is 5.91 Å². The van der Waals surface area contributed by atoms with Crippen LogP contribution >= 0.6 is 0 Å². The molecule has 32 heavy (non-hydrogen) atoms. The van der Waals surface area contributed by atoms with E-state index in [2.05, 4.69) is 21.3 Å². The molecule has 1 unspecified atom stereocenters. The van der Waals surface area contributed by atoms with E-state index in [4.69, 9.17) is 0 Å². The number of rotatable bonds is 8. The Morgan fingerprint density at radius 1 is 0.969 bits per heavy atom. The van der Waals surface area contributed by atoms with Gasteiger partial charge in [-0.05, 0) is 49.6 Å². The topological polar surface area (TPSA) is 99.3 Å². The van der Waals surface area contributed by atoms with Crippen molar-refractivity contribution in [3.8, 4) is 0 Å². The fourth-order valence-electron chi connectivity index (χ4n) is 3.85. The lowest BCUT2D eigenvalue weighted by Gasteiger charge is -2.22. The molecule has 1 atom stereocenters. The first kappa shape index (κ1) is 23.3. The third-order valence-corrected chi connectivity index (χ3v) is 5.64. The van der Waals surface area contributed by atoms with Crippen molar-refractivity contribution in [2.24, 2.45) is 0 Å². The van der Waals surface area contributed by atoms with Gasteiger partial charge in [-0.2, -0.15) is 0 Å². The summed E-state index contributed by atoms with van der Waals surface area (Å²) in [4.78, 5) is 36.6. The van der Waals surface area contributed by atoms with Gasteiger partial charge < -0.3 is 21.3 Å². The zero-order valence-electron chi connectivity index (χ0n) is 18.5. The highest BCUT2D eigenvalue weighted by Crippen LogP contribution is 2.19. The maximum atomic E-state index is 12.4. The molecule has 0 bridgehead atoms. The second kappa shape index (κ2) is 11.9. The predicted octanol–water partition coefficient (Wildman–Crippen LogP) is 4.14. The van der Waals surface area contributed by atoms with Gasteiger partial charge in [0.15, 0.2) is 0 Å². The number of anilines is 1. The molecule has 0 radical (unpaired) electrons. The predicted molar refractivity (Wildman–Crippen MR) is 125 cm³/mol. The van der Waals surface area contributed by atoms with Crippen molar-refractivity contribution in [1.82, 2.24) is 16.0 Å². The zero-order chi connectivity index (χ0) is 22.8. The number of nitrogens with one attached hydrogen (secondary N) is 4. The molecule has 0 heterocycles. The lowest BCUT2D eigenvalue weighted by Crippen LogP contribution is -2.43. The minimum atomic E-state index is -0.229. The van der Waals surface area contributed by atoms with Gasteiger partial charge in [0.25, 0.3) is 5.91 Å². The number of carbonyl (C=O) groups excluding carboxylic acids is 3.